The normalized spacial score (nSPS) is 11.2. The van der Waals surface area contributed by atoms with E-state index in [1.165, 1.54) is 11.8 Å². The van der Waals surface area contributed by atoms with E-state index in [0.29, 0.717) is 27.5 Å². The number of thioether (sulfide) groups is 2. The molecule has 0 bridgehead atoms. The molecule has 0 aliphatic rings. The fraction of sp³-hybridized carbons (Fsp3) is 0.286. The van der Waals surface area contributed by atoms with Crippen LogP contribution in [0.4, 0.5) is 0 Å². The first-order chi connectivity index (χ1) is 11.2. The number of nitrogens with zero attached hydrogens (tertiary/aromatic N) is 3. The van der Waals surface area contributed by atoms with Gasteiger partial charge in [-0.3, -0.25) is 4.79 Å². The summed E-state index contributed by atoms with van der Waals surface area (Å²) in [4.78, 5) is 19.3. The van der Waals surface area contributed by atoms with Crippen molar-refractivity contribution in [2.24, 2.45) is 0 Å². The third-order valence-electron chi connectivity index (χ3n) is 2.87. The molecule has 0 atom stereocenters. The van der Waals surface area contributed by atoms with E-state index < -0.39 is 0 Å². The fourth-order valence-corrected chi connectivity index (χ4v) is 4.84. The number of aromatic nitrogens is 4. The molecule has 3 rings (SSSR count). The Balaban J connectivity index is 1.74. The summed E-state index contributed by atoms with van der Waals surface area (Å²) in [5, 5.41) is 9.40. The molecule has 1 N–H and O–H groups in total. The van der Waals surface area contributed by atoms with Crippen LogP contribution in [0, 0.1) is 0 Å². The Morgan fingerprint density at radius 2 is 2.04 bits per heavy atom. The van der Waals surface area contributed by atoms with E-state index in [9.17, 15) is 4.79 Å². The number of benzene rings is 1. The maximum atomic E-state index is 12.1. The van der Waals surface area contributed by atoms with E-state index >= 15 is 0 Å². The van der Waals surface area contributed by atoms with E-state index in [0.717, 1.165) is 20.9 Å². The summed E-state index contributed by atoms with van der Waals surface area (Å²) >= 11 is 10.8. The molecule has 23 heavy (non-hydrogen) atoms. The number of hydrogen-bond acceptors (Lipinski definition) is 7. The first-order valence-corrected chi connectivity index (χ1v) is 10.1. The number of nitrogens with one attached hydrogen (secondary N) is 1. The van der Waals surface area contributed by atoms with E-state index in [2.05, 4.69) is 27.1 Å². The molecular formula is C14H13ClN4OS3. The van der Waals surface area contributed by atoms with Crippen molar-refractivity contribution in [1.82, 2.24) is 20.2 Å². The van der Waals surface area contributed by atoms with Gasteiger partial charge < -0.3 is 4.98 Å². The first kappa shape index (κ1) is 16.8. The summed E-state index contributed by atoms with van der Waals surface area (Å²) in [5.74, 6) is 2.18. The van der Waals surface area contributed by atoms with Crippen molar-refractivity contribution in [3.05, 3.63) is 39.4 Å². The van der Waals surface area contributed by atoms with Gasteiger partial charge in [0.25, 0.3) is 5.56 Å². The van der Waals surface area contributed by atoms with E-state index in [4.69, 9.17) is 11.6 Å². The van der Waals surface area contributed by atoms with Gasteiger partial charge in [-0.05, 0) is 24.6 Å². The third kappa shape index (κ3) is 4.26. The van der Waals surface area contributed by atoms with Gasteiger partial charge in [0, 0.05) is 10.8 Å². The van der Waals surface area contributed by atoms with E-state index in [1.807, 2.05) is 0 Å². The molecule has 0 spiro atoms. The van der Waals surface area contributed by atoms with E-state index in [-0.39, 0.29) is 5.56 Å². The monoisotopic (exact) mass is 384 g/mol. The second kappa shape index (κ2) is 7.65. The van der Waals surface area contributed by atoms with Crippen LogP contribution in [0.5, 0.6) is 0 Å². The Morgan fingerprint density at radius 1 is 1.26 bits per heavy atom. The van der Waals surface area contributed by atoms with Crippen molar-refractivity contribution in [3.8, 4) is 0 Å². The van der Waals surface area contributed by atoms with E-state index in [1.54, 1.807) is 41.3 Å². The van der Waals surface area contributed by atoms with Gasteiger partial charge >= 0.3 is 0 Å². The predicted octanol–water partition coefficient (Wildman–Crippen LogP) is 4.22. The van der Waals surface area contributed by atoms with Crippen LogP contribution in [-0.4, -0.2) is 25.9 Å². The van der Waals surface area contributed by atoms with Gasteiger partial charge in [0.15, 0.2) is 8.68 Å². The van der Waals surface area contributed by atoms with Gasteiger partial charge in [-0.15, -0.1) is 10.2 Å². The summed E-state index contributed by atoms with van der Waals surface area (Å²) in [7, 11) is 0. The summed E-state index contributed by atoms with van der Waals surface area (Å²) < 4.78 is 1.85. The average molecular weight is 385 g/mol. The van der Waals surface area contributed by atoms with Crippen molar-refractivity contribution in [1.29, 1.82) is 0 Å². The summed E-state index contributed by atoms with van der Waals surface area (Å²) in [6.07, 6.45) is 1.11. The molecule has 3 aromatic rings. The molecule has 0 saturated carbocycles. The summed E-state index contributed by atoms with van der Waals surface area (Å²) in [6, 6.07) is 5.07. The van der Waals surface area contributed by atoms with Crippen LogP contribution >= 0.6 is 46.5 Å². The van der Waals surface area contributed by atoms with Crippen molar-refractivity contribution < 1.29 is 0 Å². The molecule has 2 heterocycles. The summed E-state index contributed by atoms with van der Waals surface area (Å²) in [6.45, 7) is 2.14. The number of H-pyrrole nitrogens is 1. The van der Waals surface area contributed by atoms with Crippen LogP contribution in [0.3, 0.4) is 0 Å². The largest absolute Gasteiger partial charge is 0.309 e. The zero-order valence-electron chi connectivity index (χ0n) is 12.2. The molecule has 5 nitrogen and oxygen atoms in total. The quantitative estimate of drug-likeness (QED) is 0.641. The highest BCUT2D eigenvalue weighted by Crippen LogP contribution is 2.30. The maximum absolute atomic E-state index is 12.1. The minimum absolute atomic E-state index is 0.154. The molecule has 0 fully saturated rings. The van der Waals surface area contributed by atoms with Crippen molar-refractivity contribution in [3.63, 3.8) is 0 Å². The lowest BCUT2D eigenvalue weighted by atomic mass is 10.2. The Bertz CT molecular complexity index is 880. The smallest absolute Gasteiger partial charge is 0.258 e. The van der Waals surface area contributed by atoms with Crippen LogP contribution in [-0.2, 0) is 5.75 Å². The molecule has 0 aliphatic carbocycles. The molecule has 0 aliphatic heterocycles. The van der Waals surface area contributed by atoms with Crippen LogP contribution in [0.1, 0.15) is 19.2 Å². The van der Waals surface area contributed by atoms with Crippen LogP contribution < -0.4 is 5.56 Å². The lowest BCUT2D eigenvalue weighted by molar-refractivity contribution is 0.950. The highest BCUT2D eigenvalue weighted by molar-refractivity contribution is 8.02. The van der Waals surface area contributed by atoms with Gasteiger partial charge in [0.05, 0.1) is 16.7 Å². The predicted molar refractivity (Wildman–Crippen MR) is 97.9 cm³/mol. The van der Waals surface area contributed by atoms with Crippen molar-refractivity contribution >= 4 is 57.4 Å². The summed E-state index contributed by atoms with van der Waals surface area (Å²) in [5.41, 5.74) is 0.451. The Kier molecular flexibility index (Phi) is 5.58. The van der Waals surface area contributed by atoms with Crippen LogP contribution in [0.15, 0.2) is 31.7 Å². The minimum Gasteiger partial charge on any atom is -0.309 e. The lowest BCUT2D eigenvalue weighted by Crippen LogP contribution is -2.11. The zero-order valence-corrected chi connectivity index (χ0v) is 15.4. The number of rotatable bonds is 6. The number of hydrogen-bond donors (Lipinski definition) is 1. The second-order valence-corrected chi connectivity index (χ2v) is 8.62. The Hall–Kier alpha value is -1.09. The van der Waals surface area contributed by atoms with Crippen molar-refractivity contribution in [2.75, 3.05) is 5.75 Å². The fourth-order valence-electron chi connectivity index (χ4n) is 1.86. The highest BCUT2D eigenvalue weighted by Gasteiger charge is 2.08. The molecule has 2 aromatic heterocycles. The molecular weight excluding hydrogens is 372 g/mol. The zero-order chi connectivity index (χ0) is 16.2. The standard InChI is InChI=1S/C14H13ClN4OS3/c1-2-5-21-13-18-19-14(23-13)22-7-11-16-10-6-8(15)3-4-9(10)12(20)17-11/h3-4,6H,2,5,7H2,1H3,(H,16,17,20). The lowest BCUT2D eigenvalue weighted by Gasteiger charge is -2.02. The highest BCUT2D eigenvalue weighted by atomic mass is 35.5. The van der Waals surface area contributed by atoms with Gasteiger partial charge in [0.1, 0.15) is 5.82 Å². The van der Waals surface area contributed by atoms with Gasteiger partial charge in [0.2, 0.25) is 0 Å². The molecule has 1 aromatic carbocycles. The maximum Gasteiger partial charge on any atom is 0.258 e. The molecule has 0 amide bonds. The Labute approximate surface area is 150 Å². The number of aromatic amines is 1. The Morgan fingerprint density at radius 3 is 2.83 bits per heavy atom. The van der Waals surface area contributed by atoms with Gasteiger partial charge in [-0.25, -0.2) is 4.98 Å². The van der Waals surface area contributed by atoms with Crippen molar-refractivity contribution in [2.45, 2.75) is 27.8 Å². The number of halogens is 1. The average Bonchev–Trinajstić information content (AvgIpc) is 2.98. The molecule has 120 valence electrons. The molecule has 0 saturated heterocycles. The minimum atomic E-state index is -0.154. The molecule has 0 unspecified atom stereocenters. The van der Waals surface area contributed by atoms with Gasteiger partial charge in [-0.2, -0.15) is 0 Å². The first-order valence-electron chi connectivity index (χ1n) is 6.93. The molecule has 9 heteroatoms. The SMILES string of the molecule is CCCSc1nnc(SCc2nc3cc(Cl)ccc3c(=O)[nH]2)s1. The number of fused-ring (bicyclic) bond motifs is 1. The topological polar surface area (TPSA) is 71.5 Å². The van der Waals surface area contributed by atoms with Crippen LogP contribution in [0.2, 0.25) is 5.02 Å². The van der Waals surface area contributed by atoms with Crippen LogP contribution in [0.25, 0.3) is 10.9 Å². The second-order valence-electron chi connectivity index (χ2n) is 4.65. The molecule has 0 radical (unpaired) electrons. The third-order valence-corrected chi connectivity index (χ3v) is 6.51. The van der Waals surface area contributed by atoms with Gasteiger partial charge in [-0.1, -0.05) is 53.4 Å².